The van der Waals surface area contributed by atoms with Crippen LogP contribution < -0.4 is 19.1 Å². The van der Waals surface area contributed by atoms with E-state index in [1.807, 2.05) is 32.0 Å². The van der Waals surface area contributed by atoms with Crippen molar-refractivity contribution in [3.05, 3.63) is 47.5 Å². The van der Waals surface area contributed by atoms with Crippen LogP contribution in [0.25, 0.3) is 0 Å². The summed E-state index contributed by atoms with van der Waals surface area (Å²) in [5.74, 6) is 0.135. The van der Waals surface area contributed by atoms with Gasteiger partial charge < -0.3 is 9.47 Å². The summed E-state index contributed by atoms with van der Waals surface area (Å²) in [4.78, 5) is 25.0. The van der Waals surface area contributed by atoms with Crippen molar-refractivity contribution in [1.82, 2.24) is 4.72 Å². The van der Waals surface area contributed by atoms with Crippen molar-refractivity contribution in [2.75, 3.05) is 25.2 Å². The van der Waals surface area contributed by atoms with Crippen LogP contribution in [0.3, 0.4) is 0 Å². The van der Waals surface area contributed by atoms with Gasteiger partial charge in [-0.05, 0) is 55.3 Å². The van der Waals surface area contributed by atoms with Gasteiger partial charge in [-0.1, -0.05) is 6.07 Å². The van der Waals surface area contributed by atoms with E-state index in [0.29, 0.717) is 5.75 Å². The number of methoxy groups -OCH3 is 1. The Morgan fingerprint density at radius 1 is 1.00 bits per heavy atom. The van der Waals surface area contributed by atoms with Crippen LogP contribution in [0.2, 0.25) is 0 Å². The highest BCUT2D eigenvalue weighted by Crippen LogP contribution is 2.34. The minimum atomic E-state index is -3.88. The zero-order valence-corrected chi connectivity index (χ0v) is 17.9. The molecular formula is C21H24N2O6S. The summed E-state index contributed by atoms with van der Waals surface area (Å²) in [5.41, 5.74) is 2.36. The molecule has 9 heteroatoms. The summed E-state index contributed by atoms with van der Waals surface area (Å²) in [6, 6.07) is 9.72. The van der Waals surface area contributed by atoms with Crippen molar-refractivity contribution in [3.63, 3.8) is 0 Å². The molecule has 160 valence electrons. The Balaban J connectivity index is 1.71. The molecule has 1 fully saturated rings. The molecule has 3 rings (SSSR count). The summed E-state index contributed by atoms with van der Waals surface area (Å²) in [7, 11) is -2.49. The number of carbonyl (C=O) groups excluding carboxylic acids is 2. The van der Waals surface area contributed by atoms with Crippen LogP contribution >= 0.6 is 0 Å². The highest BCUT2D eigenvalue weighted by molar-refractivity contribution is 7.89. The molecule has 0 bridgehead atoms. The van der Waals surface area contributed by atoms with E-state index in [4.69, 9.17) is 9.47 Å². The first-order chi connectivity index (χ1) is 14.2. The third-order valence-corrected chi connectivity index (χ3v) is 6.35. The second kappa shape index (κ2) is 8.85. The van der Waals surface area contributed by atoms with Crippen molar-refractivity contribution in [2.24, 2.45) is 0 Å². The average molecular weight is 432 g/mol. The van der Waals surface area contributed by atoms with Gasteiger partial charge in [0, 0.05) is 19.4 Å². The molecule has 0 aliphatic carbocycles. The van der Waals surface area contributed by atoms with Gasteiger partial charge in [-0.25, -0.2) is 18.0 Å². The van der Waals surface area contributed by atoms with Gasteiger partial charge in [-0.3, -0.25) is 9.59 Å². The lowest BCUT2D eigenvalue weighted by atomic mass is 10.1. The number of hydrogen-bond acceptors (Lipinski definition) is 6. The number of aryl methyl sites for hydroxylation is 2. The summed E-state index contributed by atoms with van der Waals surface area (Å²) in [6.07, 6.45) is 0.181. The number of anilines is 1. The first kappa shape index (κ1) is 21.8. The van der Waals surface area contributed by atoms with Crippen LogP contribution in [0.5, 0.6) is 11.5 Å². The molecule has 1 saturated heterocycles. The van der Waals surface area contributed by atoms with Gasteiger partial charge in [0.25, 0.3) is 0 Å². The number of imide groups is 1. The Labute approximate surface area is 175 Å². The van der Waals surface area contributed by atoms with Crippen LogP contribution in [0, 0.1) is 13.8 Å². The number of amides is 2. The molecule has 0 spiro atoms. The standard InChI is InChI=1S/C21H24N2O6S/c1-14-4-5-16(12-15(14)2)29-11-10-22-30(26,27)17-6-7-19(28-3)18(13-17)23-20(24)8-9-21(23)25/h4-7,12-13,22H,8-11H2,1-3H3. The molecule has 2 aromatic rings. The van der Waals surface area contributed by atoms with Crippen LogP contribution in [-0.4, -0.2) is 40.5 Å². The fourth-order valence-electron chi connectivity index (χ4n) is 3.09. The molecule has 0 atom stereocenters. The smallest absolute Gasteiger partial charge is 0.240 e. The Kier molecular flexibility index (Phi) is 6.42. The molecule has 0 unspecified atom stereocenters. The van der Waals surface area contributed by atoms with E-state index < -0.39 is 10.0 Å². The van der Waals surface area contributed by atoms with Gasteiger partial charge >= 0.3 is 0 Å². The first-order valence-corrected chi connectivity index (χ1v) is 10.9. The quantitative estimate of drug-likeness (QED) is 0.507. The number of hydrogen-bond donors (Lipinski definition) is 1. The molecule has 0 saturated carbocycles. The summed E-state index contributed by atoms with van der Waals surface area (Å²) in [5, 5.41) is 0. The van der Waals surface area contributed by atoms with Crippen molar-refractivity contribution in [3.8, 4) is 11.5 Å². The van der Waals surface area contributed by atoms with Crippen molar-refractivity contribution < 1.29 is 27.5 Å². The number of benzene rings is 2. The van der Waals surface area contributed by atoms with Crippen LogP contribution in [0.4, 0.5) is 5.69 Å². The maximum absolute atomic E-state index is 12.7. The van der Waals surface area contributed by atoms with Gasteiger partial charge in [0.1, 0.15) is 18.1 Å². The minimum absolute atomic E-state index is 0.0538. The van der Waals surface area contributed by atoms with E-state index in [1.165, 1.54) is 25.3 Å². The Hall–Kier alpha value is -2.91. The van der Waals surface area contributed by atoms with Gasteiger partial charge in [-0.2, -0.15) is 0 Å². The third-order valence-electron chi connectivity index (χ3n) is 4.89. The summed E-state index contributed by atoms with van der Waals surface area (Å²) in [6.45, 7) is 4.17. The van der Waals surface area contributed by atoms with Crippen molar-refractivity contribution in [1.29, 1.82) is 0 Å². The van der Waals surface area contributed by atoms with E-state index in [-0.39, 0.29) is 54.1 Å². The highest BCUT2D eigenvalue weighted by Gasteiger charge is 2.33. The van der Waals surface area contributed by atoms with Gasteiger partial charge in [-0.15, -0.1) is 0 Å². The Morgan fingerprint density at radius 3 is 2.33 bits per heavy atom. The van der Waals surface area contributed by atoms with Gasteiger partial charge in [0.05, 0.1) is 17.7 Å². The monoisotopic (exact) mass is 432 g/mol. The van der Waals surface area contributed by atoms with E-state index >= 15 is 0 Å². The van der Waals surface area contributed by atoms with Crippen molar-refractivity contribution in [2.45, 2.75) is 31.6 Å². The number of nitrogens with one attached hydrogen (secondary N) is 1. The number of sulfonamides is 1. The predicted octanol–water partition coefficient (Wildman–Crippen LogP) is 2.32. The van der Waals surface area contributed by atoms with Gasteiger partial charge in [0.15, 0.2) is 0 Å². The van der Waals surface area contributed by atoms with Crippen molar-refractivity contribution >= 4 is 27.5 Å². The fourth-order valence-corrected chi connectivity index (χ4v) is 4.12. The van der Waals surface area contributed by atoms with E-state index in [1.54, 1.807) is 0 Å². The van der Waals surface area contributed by atoms with Crippen LogP contribution in [0.15, 0.2) is 41.3 Å². The van der Waals surface area contributed by atoms with Crippen LogP contribution in [0.1, 0.15) is 24.0 Å². The maximum Gasteiger partial charge on any atom is 0.240 e. The molecule has 8 nitrogen and oxygen atoms in total. The second-order valence-electron chi connectivity index (χ2n) is 6.95. The van der Waals surface area contributed by atoms with E-state index in [9.17, 15) is 18.0 Å². The lowest BCUT2D eigenvalue weighted by Gasteiger charge is -2.18. The molecule has 1 heterocycles. The predicted molar refractivity (Wildman–Crippen MR) is 111 cm³/mol. The SMILES string of the molecule is COc1ccc(S(=O)(=O)NCCOc2ccc(C)c(C)c2)cc1N1C(=O)CCC1=O. The first-order valence-electron chi connectivity index (χ1n) is 9.46. The molecule has 1 aliphatic heterocycles. The maximum atomic E-state index is 12.7. The largest absolute Gasteiger partial charge is 0.495 e. The lowest BCUT2D eigenvalue weighted by molar-refractivity contribution is -0.121. The van der Waals surface area contributed by atoms with E-state index in [0.717, 1.165) is 16.0 Å². The number of nitrogens with zero attached hydrogens (tertiary/aromatic N) is 1. The lowest BCUT2D eigenvalue weighted by Crippen LogP contribution is -2.30. The second-order valence-corrected chi connectivity index (χ2v) is 8.72. The molecule has 0 radical (unpaired) electrons. The molecule has 1 aliphatic rings. The Morgan fingerprint density at radius 2 is 1.70 bits per heavy atom. The topological polar surface area (TPSA) is 102 Å². The molecule has 1 N–H and O–H groups in total. The number of ether oxygens (including phenoxy) is 2. The molecule has 2 aromatic carbocycles. The molecule has 0 aromatic heterocycles. The minimum Gasteiger partial charge on any atom is -0.495 e. The average Bonchev–Trinajstić information content (AvgIpc) is 3.05. The molecule has 2 amide bonds. The number of rotatable bonds is 8. The number of carbonyl (C=O) groups is 2. The fraction of sp³-hybridized carbons (Fsp3) is 0.333. The molecule has 30 heavy (non-hydrogen) atoms. The highest BCUT2D eigenvalue weighted by atomic mass is 32.2. The Bertz CT molecular complexity index is 1060. The van der Waals surface area contributed by atoms with E-state index in [2.05, 4.69) is 4.72 Å². The third kappa shape index (κ3) is 4.63. The van der Waals surface area contributed by atoms with Gasteiger partial charge in [0.2, 0.25) is 21.8 Å². The normalized spacial score (nSPS) is 14.3. The van der Waals surface area contributed by atoms with Crippen LogP contribution in [-0.2, 0) is 19.6 Å². The summed E-state index contributed by atoms with van der Waals surface area (Å²) < 4.78 is 38.6. The zero-order chi connectivity index (χ0) is 21.9. The molecular weight excluding hydrogens is 408 g/mol. The zero-order valence-electron chi connectivity index (χ0n) is 17.1. The summed E-state index contributed by atoms with van der Waals surface area (Å²) >= 11 is 0.